The number of nitrogens with one attached hydrogen (secondary N) is 2. The zero-order valence-electron chi connectivity index (χ0n) is 15.4. The van der Waals surface area contributed by atoms with E-state index in [0.29, 0.717) is 5.56 Å². The van der Waals surface area contributed by atoms with Crippen LogP contribution in [0.3, 0.4) is 0 Å². The molecule has 0 bridgehead atoms. The Morgan fingerprint density at radius 1 is 1.21 bits per heavy atom. The van der Waals surface area contributed by atoms with E-state index >= 15 is 0 Å². The number of carbonyl (C=O) groups is 1. The fourth-order valence-electron chi connectivity index (χ4n) is 2.85. The first-order chi connectivity index (χ1) is 13.3. The third kappa shape index (κ3) is 5.26. The van der Waals surface area contributed by atoms with Crippen LogP contribution < -0.4 is 11.1 Å². The maximum atomic E-state index is 12.9. The third-order valence-corrected chi connectivity index (χ3v) is 4.21. The summed E-state index contributed by atoms with van der Waals surface area (Å²) in [5.74, 6) is -1.50. The van der Waals surface area contributed by atoms with Crippen molar-refractivity contribution in [2.75, 3.05) is 13.7 Å². The summed E-state index contributed by atoms with van der Waals surface area (Å²) in [6, 6.07) is 12.2. The summed E-state index contributed by atoms with van der Waals surface area (Å²) < 4.78 is 43.6. The van der Waals surface area contributed by atoms with Gasteiger partial charge in [0.2, 0.25) is 11.7 Å². The standard InChI is InChI=1S/C19H19F3N4O2.ClH/c1-28-10-13(23)17(27)26-16(11-5-3-2-4-6-11)12-7-8-14-15(9-12)25-18(24-14)19(20,21)22;/h2-9,13,16H,10,23H2,1H3,(H,24,25)(H,26,27);1H. The molecule has 1 heterocycles. The smallest absolute Gasteiger partial charge is 0.383 e. The summed E-state index contributed by atoms with van der Waals surface area (Å²) in [6.07, 6.45) is -4.57. The second kappa shape index (κ2) is 9.25. The SMILES string of the molecule is COCC(N)C(=O)NC(c1ccccc1)c1ccc2nc(C(F)(F)F)[nH]c2c1.Cl. The monoisotopic (exact) mass is 428 g/mol. The number of H-pyrrole nitrogens is 1. The number of aromatic amines is 1. The molecule has 0 radical (unpaired) electrons. The van der Waals surface area contributed by atoms with E-state index in [-0.39, 0.29) is 30.0 Å². The van der Waals surface area contributed by atoms with E-state index in [2.05, 4.69) is 15.3 Å². The summed E-state index contributed by atoms with van der Waals surface area (Å²) in [5.41, 5.74) is 7.56. The number of amides is 1. The van der Waals surface area contributed by atoms with Gasteiger partial charge < -0.3 is 20.8 Å². The lowest BCUT2D eigenvalue weighted by Crippen LogP contribution is -2.45. The van der Waals surface area contributed by atoms with Gasteiger partial charge in [-0.2, -0.15) is 13.2 Å². The highest BCUT2D eigenvalue weighted by atomic mass is 35.5. The number of imidazole rings is 1. The molecular formula is C19H20ClF3N4O2. The zero-order chi connectivity index (χ0) is 20.3. The average Bonchev–Trinajstić information content (AvgIpc) is 3.10. The summed E-state index contributed by atoms with van der Waals surface area (Å²) in [6.45, 7) is 0.0435. The molecule has 0 spiro atoms. The lowest BCUT2D eigenvalue weighted by atomic mass is 9.98. The van der Waals surface area contributed by atoms with Crippen molar-refractivity contribution in [3.05, 3.63) is 65.5 Å². The lowest BCUT2D eigenvalue weighted by molar-refractivity contribution is -0.144. The Kier molecular flexibility index (Phi) is 7.23. The van der Waals surface area contributed by atoms with Gasteiger partial charge in [0, 0.05) is 7.11 Å². The molecule has 156 valence electrons. The number of alkyl halides is 3. The van der Waals surface area contributed by atoms with Crippen molar-refractivity contribution in [3.63, 3.8) is 0 Å². The van der Waals surface area contributed by atoms with E-state index in [9.17, 15) is 18.0 Å². The van der Waals surface area contributed by atoms with E-state index in [1.807, 2.05) is 18.2 Å². The van der Waals surface area contributed by atoms with Crippen LogP contribution in [-0.4, -0.2) is 35.6 Å². The van der Waals surface area contributed by atoms with Gasteiger partial charge in [-0.05, 0) is 23.3 Å². The predicted molar refractivity (Wildman–Crippen MR) is 105 cm³/mol. The van der Waals surface area contributed by atoms with E-state index in [1.54, 1.807) is 18.2 Å². The van der Waals surface area contributed by atoms with Gasteiger partial charge in [-0.25, -0.2) is 4.98 Å². The summed E-state index contributed by atoms with van der Waals surface area (Å²) >= 11 is 0. The van der Waals surface area contributed by atoms with Gasteiger partial charge in [0.1, 0.15) is 6.04 Å². The molecule has 0 aliphatic heterocycles. The van der Waals surface area contributed by atoms with Crippen molar-refractivity contribution in [1.82, 2.24) is 15.3 Å². The van der Waals surface area contributed by atoms with E-state index in [0.717, 1.165) is 5.56 Å². The Morgan fingerprint density at radius 2 is 1.90 bits per heavy atom. The Hall–Kier alpha value is -2.62. The summed E-state index contributed by atoms with van der Waals surface area (Å²) in [5, 5.41) is 2.84. The quantitative estimate of drug-likeness (QED) is 0.562. The Morgan fingerprint density at radius 3 is 2.52 bits per heavy atom. The van der Waals surface area contributed by atoms with Crippen LogP contribution in [0.5, 0.6) is 0 Å². The fraction of sp³-hybridized carbons (Fsp3) is 0.263. The van der Waals surface area contributed by atoms with Crippen molar-refractivity contribution in [2.45, 2.75) is 18.3 Å². The average molecular weight is 429 g/mol. The molecule has 0 aliphatic carbocycles. The van der Waals surface area contributed by atoms with Crippen LogP contribution in [-0.2, 0) is 15.7 Å². The minimum absolute atomic E-state index is 0. The molecule has 3 rings (SSSR count). The van der Waals surface area contributed by atoms with Crippen LogP contribution in [0.1, 0.15) is 23.0 Å². The largest absolute Gasteiger partial charge is 0.449 e. The second-order valence-corrected chi connectivity index (χ2v) is 6.27. The Bertz CT molecular complexity index is 963. The number of methoxy groups -OCH3 is 1. The first-order valence-corrected chi connectivity index (χ1v) is 8.46. The molecule has 1 aromatic heterocycles. The fourth-order valence-corrected chi connectivity index (χ4v) is 2.85. The summed E-state index contributed by atoms with van der Waals surface area (Å²) in [4.78, 5) is 18.3. The maximum absolute atomic E-state index is 12.9. The number of nitrogens with zero attached hydrogens (tertiary/aromatic N) is 1. The van der Waals surface area contributed by atoms with Crippen molar-refractivity contribution < 1.29 is 22.7 Å². The number of hydrogen-bond donors (Lipinski definition) is 3. The van der Waals surface area contributed by atoms with Crippen LogP contribution >= 0.6 is 12.4 Å². The molecule has 29 heavy (non-hydrogen) atoms. The number of ether oxygens (including phenoxy) is 1. The molecule has 0 aliphatic rings. The van der Waals surface area contributed by atoms with Crippen LogP contribution in [0.2, 0.25) is 0 Å². The molecule has 0 saturated carbocycles. The number of benzene rings is 2. The van der Waals surface area contributed by atoms with Crippen molar-refractivity contribution in [2.24, 2.45) is 5.73 Å². The predicted octanol–water partition coefficient (Wildman–Crippen LogP) is 3.18. The van der Waals surface area contributed by atoms with E-state index in [4.69, 9.17) is 10.5 Å². The maximum Gasteiger partial charge on any atom is 0.449 e. The molecule has 1 amide bonds. The molecule has 4 N–H and O–H groups in total. The highest BCUT2D eigenvalue weighted by Crippen LogP contribution is 2.30. The number of hydrogen-bond acceptors (Lipinski definition) is 4. The molecule has 2 atom stereocenters. The number of fused-ring (bicyclic) bond motifs is 1. The second-order valence-electron chi connectivity index (χ2n) is 6.27. The van der Waals surface area contributed by atoms with Gasteiger partial charge in [-0.15, -0.1) is 12.4 Å². The van der Waals surface area contributed by atoms with Crippen LogP contribution in [0.25, 0.3) is 11.0 Å². The van der Waals surface area contributed by atoms with E-state index < -0.39 is 30.0 Å². The van der Waals surface area contributed by atoms with Gasteiger partial charge >= 0.3 is 6.18 Å². The molecule has 0 saturated heterocycles. The highest BCUT2D eigenvalue weighted by Gasteiger charge is 2.34. The molecule has 2 unspecified atom stereocenters. The van der Waals surface area contributed by atoms with Gasteiger partial charge in [-0.1, -0.05) is 36.4 Å². The van der Waals surface area contributed by atoms with Crippen LogP contribution in [0.15, 0.2) is 48.5 Å². The van der Waals surface area contributed by atoms with Gasteiger partial charge in [0.15, 0.2) is 0 Å². The highest BCUT2D eigenvalue weighted by molar-refractivity contribution is 5.85. The topological polar surface area (TPSA) is 93.0 Å². The zero-order valence-corrected chi connectivity index (χ0v) is 16.2. The molecular weight excluding hydrogens is 409 g/mol. The molecule has 10 heteroatoms. The van der Waals surface area contributed by atoms with Crippen LogP contribution in [0, 0.1) is 0 Å². The number of halogens is 4. The van der Waals surface area contributed by atoms with Gasteiger partial charge in [0.05, 0.1) is 23.7 Å². The Balaban J connectivity index is 0.00000300. The van der Waals surface area contributed by atoms with Crippen molar-refractivity contribution in [3.8, 4) is 0 Å². The minimum Gasteiger partial charge on any atom is -0.383 e. The van der Waals surface area contributed by atoms with Crippen LogP contribution in [0.4, 0.5) is 13.2 Å². The van der Waals surface area contributed by atoms with Crippen molar-refractivity contribution >= 4 is 29.3 Å². The van der Waals surface area contributed by atoms with E-state index in [1.165, 1.54) is 19.2 Å². The molecule has 2 aromatic carbocycles. The summed E-state index contributed by atoms with van der Waals surface area (Å²) in [7, 11) is 1.44. The lowest BCUT2D eigenvalue weighted by Gasteiger charge is -2.22. The number of carbonyl (C=O) groups excluding carboxylic acids is 1. The molecule has 3 aromatic rings. The van der Waals surface area contributed by atoms with Crippen molar-refractivity contribution in [1.29, 1.82) is 0 Å². The van der Waals surface area contributed by atoms with Gasteiger partial charge in [0.25, 0.3) is 0 Å². The third-order valence-electron chi connectivity index (χ3n) is 4.21. The normalized spacial score (nSPS) is 13.6. The number of rotatable bonds is 6. The Labute approximate surface area is 171 Å². The molecule has 6 nitrogen and oxygen atoms in total. The van der Waals surface area contributed by atoms with Gasteiger partial charge in [-0.3, -0.25) is 4.79 Å². The first-order valence-electron chi connectivity index (χ1n) is 8.46. The first kappa shape index (κ1) is 22.7. The molecule has 0 fully saturated rings. The number of nitrogens with two attached hydrogens (primary N) is 1. The minimum atomic E-state index is -4.57. The number of aromatic nitrogens is 2.